The van der Waals surface area contributed by atoms with Gasteiger partial charge in [0.05, 0.1) is 32.0 Å². The van der Waals surface area contributed by atoms with Crippen molar-refractivity contribution >= 4 is 5.91 Å². The number of allylic oxidation sites excluding steroid dienone is 10. The van der Waals surface area contributed by atoms with Gasteiger partial charge in [0.2, 0.25) is 5.91 Å². The highest BCUT2D eigenvalue weighted by atomic mass is 16.7. The Kier molecular flexibility index (Phi) is 50.8. The number of ether oxygens (including phenoxy) is 4. The van der Waals surface area contributed by atoms with Crippen LogP contribution in [0.4, 0.5) is 0 Å². The highest BCUT2D eigenvalue weighted by molar-refractivity contribution is 5.76. The number of hydrogen-bond acceptors (Lipinski definition) is 13. The molecule has 2 heterocycles. The van der Waals surface area contributed by atoms with Crippen molar-refractivity contribution in [2.45, 2.75) is 357 Å². The van der Waals surface area contributed by atoms with Crippen LogP contribution in [0.2, 0.25) is 0 Å². The minimum atomic E-state index is -1.79. The van der Waals surface area contributed by atoms with Gasteiger partial charge in [0.25, 0.3) is 0 Å². The molecule has 490 valence electrons. The molecule has 2 rings (SSSR count). The van der Waals surface area contributed by atoms with Crippen molar-refractivity contribution in [2.75, 3.05) is 19.8 Å². The highest BCUT2D eigenvalue weighted by Crippen LogP contribution is 2.30. The standard InChI is InChI=1S/C70H127NO13/c1-3-5-7-9-11-13-15-17-19-21-23-25-27-29-31-33-35-37-39-41-43-45-47-49-51-53-59(74)58(57-81-69-67(80)65(78)68(61(56-73)83-69)84-70-66(79)64(77)63(76)60(55-72)82-70)71-62(75)54-52-50-48-46-44-42-40-38-36-34-32-30-28-26-24-22-20-18-16-14-12-10-8-6-4-2/h6,8,12,14,18,20,24,26,30,32,58-61,63-70,72-74,76-80H,3-5,7,9-11,13,15-17,19,21-23,25,27-29,31,33-57H2,1-2H3,(H,71,75)/b8-6-,14-12-,20-18-,26-24-,32-30-. The maximum absolute atomic E-state index is 13.3. The zero-order chi connectivity index (χ0) is 60.9. The number of amides is 1. The fourth-order valence-electron chi connectivity index (χ4n) is 11.3. The van der Waals surface area contributed by atoms with E-state index in [1.807, 2.05) is 0 Å². The molecule has 9 N–H and O–H groups in total. The van der Waals surface area contributed by atoms with Crippen LogP contribution in [0.3, 0.4) is 0 Å². The number of aliphatic hydroxyl groups is 8. The Balaban J connectivity index is 1.69. The fraction of sp³-hybridized carbons (Fsp3) is 0.843. The molecule has 14 nitrogen and oxygen atoms in total. The fourth-order valence-corrected chi connectivity index (χ4v) is 11.3. The average Bonchev–Trinajstić information content (AvgIpc) is 3.18. The van der Waals surface area contributed by atoms with Crippen molar-refractivity contribution in [1.82, 2.24) is 5.32 Å². The molecule has 14 heteroatoms. The van der Waals surface area contributed by atoms with Gasteiger partial charge in [0.15, 0.2) is 12.6 Å². The van der Waals surface area contributed by atoms with Gasteiger partial charge in [0.1, 0.15) is 48.8 Å². The molecule has 12 atom stereocenters. The van der Waals surface area contributed by atoms with Gasteiger partial charge in [0, 0.05) is 6.42 Å². The zero-order valence-electron chi connectivity index (χ0n) is 53.1. The van der Waals surface area contributed by atoms with Gasteiger partial charge < -0.3 is 65.1 Å². The van der Waals surface area contributed by atoms with Crippen LogP contribution in [-0.2, 0) is 23.7 Å². The predicted octanol–water partition coefficient (Wildman–Crippen LogP) is 13.7. The molecule has 1 amide bonds. The van der Waals surface area contributed by atoms with E-state index in [1.165, 1.54) is 167 Å². The van der Waals surface area contributed by atoms with Crippen molar-refractivity contribution < 1.29 is 64.6 Å². The van der Waals surface area contributed by atoms with Gasteiger partial charge in [-0.1, -0.05) is 280 Å². The summed E-state index contributed by atoms with van der Waals surface area (Å²) in [6, 6.07) is -0.837. The normalized spacial score (nSPS) is 24.0. The van der Waals surface area contributed by atoms with Crippen LogP contribution in [-0.4, -0.2) is 140 Å². The van der Waals surface area contributed by atoms with E-state index in [2.05, 4.69) is 79.9 Å². The van der Waals surface area contributed by atoms with E-state index < -0.39 is 86.8 Å². The zero-order valence-corrected chi connectivity index (χ0v) is 53.1. The Hall–Kier alpha value is -2.31. The van der Waals surface area contributed by atoms with E-state index >= 15 is 0 Å². The van der Waals surface area contributed by atoms with Crippen molar-refractivity contribution in [3.05, 3.63) is 60.8 Å². The smallest absolute Gasteiger partial charge is 0.220 e. The van der Waals surface area contributed by atoms with Crippen molar-refractivity contribution in [3.8, 4) is 0 Å². The van der Waals surface area contributed by atoms with Crippen LogP contribution in [0.5, 0.6) is 0 Å². The highest BCUT2D eigenvalue weighted by Gasteiger charge is 2.51. The minimum absolute atomic E-state index is 0.212. The van der Waals surface area contributed by atoms with Crippen LogP contribution in [0.1, 0.15) is 284 Å². The van der Waals surface area contributed by atoms with Crippen LogP contribution >= 0.6 is 0 Å². The SMILES string of the molecule is CC/C=C\C/C=C\C/C=C\C/C=C\C/C=C\CCCCCCCCCCCC(=O)NC(COC1OC(CO)C(OC2OC(CO)C(O)C(O)C2O)C(O)C1O)C(O)CCCCCCCCCCCCCCCCCCCCCCCCCCC. The van der Waals surface area contributed by atoms with E-state index in [1.54, 1.807) is 0 Å². The first-order valence-corrected chi connectivity index (χ1v) is 34.5. The number of aliphatic hydroxyl groups excluding tert-OH is 8. The van der Waals surface area contributed by atoms with Crippen LogP contribution in [0.15, 0.2) is 60.8 Å². The van der Waals surface area contributed by atoms with E-state index in [9.17, 15) is 45.6 Å². The molecule has 0 bridgehead atoms. The van der Waals surface area contributed by atoms with E-state index in [4.69, 9.17) is 18.9 Å². The molecular formula is C70H127NO13. The Morgan fingerprint density at radius 2 is 0.821 bits per heavy atom. The Labute approximate surface area is 511 Å². The Morgan fingerprint density at radius 3 is 1.26 bits per heavy atom. The first-order chi connectivity index (χ1) is 41.1. The molecule has 0 saturated carbocycles. The van der Waals surface area contributed by atoms with E-state index in [0.29, 0.717) is 19.3 Å². The summed E-state index contributed by atoms with van der Waals surface area (Å²) in [4.78, 5) is 13.3. The first-order valence-electron chi connectivity index (χ1n) is 34.5. The van der Waals surface area contributed by atoms with Gasteiger partial charge in [-0.05, 0) is 57.8 Å². The van der Waals surface area contributed by atoms with Crippen molar-refractivity contribution in [2.24, 2.45) is 0 Å². The second-order valence-corrected chi connectivity index (χ2v) is 24.3. The Morgan fingerprint density at radius 1 is 0.440 bits per heavy atom. The first kappa shape index (κ1) is 77.8. The average molecular weight is 1190 g/mol. The number of rotatable bonds is 56. The summed E-state index contributed by atoms with van der Waals surface area (Å²) in [6.45, 7) is 2.78. The van der Waals surface area contributed by atoms with Gasteiger partial charge >= 0.3 is 0 Å². The Bertz CT molecular complexity index is 1640. The van der Waals surface area contributed by atoms with Gasteiger partial charge in [-0.25, -0.2) is 0 Å². The molecule has 2 aliphatic heterocycles. The summed E-state index contributed by atoms with van der Waals surface area (Å²) >= 11 is 0. The minimum Gasteiger partial charge on any atom is -0.394 e. The molecule has 0 aromatic rings. The second kappa shape index (κ2) is 54.8. The number of nitrogens with one attached hydrogen (secondary N) is 1. The molecule has 84 heavy (non-hydrogen) atoms. The summed E-state index contributed by atoms with van der Waals surface area (Å²) in [5, 5.41) is 87.6. The van der Waals surface area contributed by atoms with Crippen LogP contribution in [0, 0.1) is 0 Å². The lowest BCUT2D eigenvalue weighted by molar-refractivity contribution is -0.359. The maximum atomic E-state index is 13.3. The molecule has 2 fully saturated rings. The largest absolute Gasteiger partial charge is 0.394 e. The van der Waals surface area contributed by atoms with E-state index in [-0.39, 0.29) is 12.5 Å². The molecule has 2 aliphatic rings. The van der Waals surface area contributed by atoms with Crippen LogP contribution in [0.25, 0.3) is 0 Å². The lowest BCUT2D eigenvalue weighted by Crippen LogP contribution is -2.65. The molecule has 0 radical (unpaired) electrons. The molecule has 0 aromatic carbocycles. The maximum Gasteiger partial charge on any atom is 0.220 e. The molecule has 0 aliphatic carbocycles. The van der Waals surface area contributed by atoms with Crippen LogP contribution < -0.4 is 5.32 Å². The number of hydrogen-bond donors (Lipinski definition) is 9. The summed E-state index contributed by atoms with van der Waals surface area (Å²) in [6.07, 6.45) is 55.1. The molecule has 2 saturated heterocycles. The predicted molar refractivity (Wildman–Crippen MR) is 341 cm³/mol. The lowest BCUT2D eigenvalue weighted by Gasteiger charge is -2.46. The van der Waals surface area contributed by atoms with E-state index in [0.717, 1.165) is 83.5 Å². The lowest BCUT2D eigenvalue weighted by atomic mass is 9.97. The summed E-state index contributed by atoms with van der Waals surface area (Å²) in [5.41, 5.74) is 0. The third-order valence-electron chi connectivity index (χ3n) is 16.7. The van der Waals surface area contributed by atoms with Gasteiger partial charge in [-0.3, -0.25) is 4.79 Å². The molecule has 12 unspecified atom stereocenters. The summed E-state index contributed by atoms with van der Waals surface area (Å²) in [5.74, 6) is -0.212. The second-order valence-electron chi connectivity index (χ2n) is 24.3. The quantitative estimate of drug-likeness (QED) is 0.0204. The van der Waals surface area contributed by atoms with Crippen molar-refractivity contribution in [1.29, 1.82) is 0 Å². The number of carbonyl (C=O) groups excluding carboxylic acids is 1. The third-order valence-corrected chi connectivity index (χ3v) is 16.7. The molecular weight excluding hydrogens is 1060 g/mol. The monoisotopic (exact) mass is 1190 g/mol. The topological polar surface area (TPSA) is 228 Å². The van der Waals surface area contributed by atoms with Gasteiger partial charge in [-0.15, -0.1) is 0 Å². The third kappa shape index (κ3) is 38.9. The summed E-state index contributed by atoms with van der Waals surface area (Å²) < 4.78 is 22.9. The summed E-state index contributed by atoms with van der Waals surface area (Å²) in [7, 11) is 0. The van der Waals surface area contributed by atoms with Gasteiger partial charge in [-0.2, -0.15) is 0 Å². The number of unbranched alkanes of at least 4 members (excludes halogenated alkanes) is 33. The molecule has 0 aromatic heterocycles. The molecule has 0 spiro atoms. The van der Waals surface area contributed by atoms with Crippen molar-refractivity contribution in [3.63, 3.8) is 0 Å². The number of carbonyl (C=O) groups is 1.